The summed E-state index contributed by atoms with van der Waals surface area (Å²) in [5.74, 6) is 0. The van der Waals surface area contributed by atoms with Crippen molar-refractivity contribution in [3.05, 3.63) is 0 Å². The second kappa shape index (κ2) is 3.93. The Labute approximate surface area is 74.2 Å². The molecule has 0 fully saturated rings. The van der Waals surface area contributed by atoms with Crippen LogP contribution >= 0.6 is 23.0 Å². The third-order valence-electron chi connectivity index (χ3n) is 0.509. The Morgan fingerprint density at radius 2 is 1.08 bits per heavy atom. The average Bonchev–Trinajstić information content (AvgIpc) is 1.43. The van der Waals surface area contributed by atoms with E-state index in [0.717, 1.165) is 0 Å². The van der Waals surface area contributed by atoms with Crippen LogP contribution in [0.3, 0.4) is 0 Å². The van der Waals surface area contributed by atoms with Crippen LogP contribution in [-0.2, 0) is 22.3 Å². The highest BCUT2D eigenvalue weighted by Crippen LogP contribution is 2.64. The zero-order chi connectivity index (χ0) is 10.9. The summed E-state index contributed by atoms with van der Waals surface area (Å²) in [5.41, 5.74) is 0. The maximum absolute atomic E-state index is 10.7. The van der Waals surface area contributed by atoms with Gasteiger partial charge in [0.15, 0.2) is 0 Å². The molecule has 0 aromatic carbocycles. The minimum atomic E-state index is -4.96. The van der Waals surface area contributed by atoms with Crippen LogP contribution in [0.1, 0.15) is 0 Å². The molecule has 8 nitrogen and oxygen atoms in total. The Bertz CT molecular complexity index is 279. The first-order chi connectivity index (χ1) is 5.41. The molecule has 0 aliphatic rings. The predicted molar refractivity (Wildman–Crippen MR) is 43.5 cm³/mol. The molecular formula is C2H9O8P3. The molecule has 80 valence electrons. The lowest BCUT2D eigenvalue weighted by molar-refractivity contribution is 0.259. The topological polar surface area (TPSA) is 130 Å². The summed E-state index contributed by atoms with van der Waals surface area (Å²) < 4.78 is 39.0. The molecule has 0 saturated heterocycles. The van der Waals surface area contributed by atoms with E-state index in [4.69, 9.17) is 14.7 Å². The van der Waals surface area contributed by atoms with E-state index in [9.17, 15) is 13.7 Å². The van der Waals surface area contributed by atoms with Crippen molar-refractivity contribution in [2.24, 2.45) is 0 Å². The maximum atomic E-state index is 10.7. The van der Waals surface area contributed by atoms with Crippen molar-refractivity contribution in [1.29, 1.82) is 0 Å². The van der Waals surface area contributed by atoms with Gasteiger partial charge in [0.1, 0.15) is 0 Å². The lowest BCUT2D eigenvalue weighted by Crippen LogP contribution is -1.91. The molecule has 0 aliphatic carbocycles. The Balaban J connectivity index is 4.54. The third kappa shape index (κ3) is 8.81. The van der Waals surface area contributed by atoms with Crippen LogP contribution in [0, 0.1) is 0 Å². The van der Waals surface area contributed by atoms with Crippen LogP contribution in [0.5, 0.6) is 0 Å². The smallest absolute Gasteiger partial charge is 0.324 e. The molecule has 0 aromatic heterocycles. The summed E-state index contributed by atoms with van der Waals surface area (Å²) in [5, 5.41) is 0. The van der Waals surface area contributed by atoms with E-state index in [1.165, 1.54) is 0 Å². The van der Waals surface area contributed by atoms with E-state index < -0.39 is 23.0 Å². The number of hydrogen-bond donors (Lipinski definition) is 3. The van der Waals surface area contributed by atoms with Crippen LogP contribution in [-0.4, -0.2) is 28.0 Å². The molecule has 0 saturated carbocycles. The van der Waals surface area contributed by atoms with E-state index in [0.29, 0.717) is 13.3 Å². The second-order valence-electron chi connectivity index (χ2n) is 2.24. The molecule has 2 atom stereocenters. The Morgan fingerprint density at radius 1 is 0.846 bits per heavy atom. The van der Waals surface area contributed by atoms with E-state index in [-0.39, 0.29) is 0 Å². The zero-order valence-corrected chi connectivity index (χ0v) is 9.41. The summed E-state index contributed by atoms with van der Waals surface area (Å²) in [4.78, 5) is 25.6. The number of rotatable bonds is 4. The van der Waals surface area contributed by atoms with E-state index >= 15 is 0 Å². The van der Waals surface area contributed by atoms with Gasteiger partial charge in [0, 0.05) is 13.3 Å². The fourth-order valence-corrected chi connectivity index (χ4v) is 3.85. The fraction of sp³-hybridized carbons (Fsp3) is 1.00. The number of phosphoric acid groups is 1. The quantitative estimate of drug-likeness (QED) is 0.626. The molecular weight excluding hydrogens is 245 g/mol. The molecule has 0 bridgehead atoms. The van der Waals surface area contributed by atoms with Crippen LogP contribution in [0.4, 0.5) is 0 Å². The van der Waals surface area contributed by atoms with Gasteiger partial charge in [0.25, 0.3) is 0 Å². The standard InChI is InChI=1S/C2H9O8P3/c1-11(3,4)9-13(7,8)10-12(2,5)6/h1-2H3,(H,3,4)(H,5,6)(H,7,8). The number of hydrogen-bond acceptors (Lipinski definition) is 5. The molecule has 0 aromatic rings. The van der Waals surface area contributed by atoms with Crippen molar-refractivity contribution < 1.29 is 37.0 Å². The van der Waals surface area contributed by atoms with Crippen molar-refractivity contribution in [1.82, 2.24) is 0 Å². The first-order valence-electron chi connectivity index (χ1n) is 2.77. The van der Waals surface area contributed by atoms with Gasteiger partial charge in [-0.15, -0.1) is 0 Å². The SMILES string of the molecule is CP(=O)(O)OP(=O)(O)OP(C)(=O)O. The first-order valence-corrected chi connectivity index (χ1v) is 8.32. The van der Waals surface area contributed by atoms with Crippen LogP contribution < -0.4 is 0 Å². The van der Waals surface area contributed by atoms with E-state index in [1.54, 1.807) is 0 Å². The molecule has 0 rings (SSSR count). The summed E-state index contributed by atoms with van der Waals surface area (Å²) in [6.45, 7) is 1.27. The monoisotopic (exact) mass is 254 g/mol. The Morgan fingerprint density at radius 3 is 1.23 bits per heavy atom. The van der Waals surface area contributed by atoms with Gasteiger partial charge in [-0.3, -0.25) is 9.13 Å². The molecule has 13 heavy (non-hydrogen) atoms. The largest absolute Gasteiger partial charge is 0.486 e. The summed E-state index contributed by atoms with van der Waals surface area (Å²) >= 11 is 0. The van der Waals surface area contributed by atoms with Gasteiger partial charge in [0.05, 0.1) is 0 Å². The third-order valence-corrected chi connectivity index (χ3v) is 4.58. The van der Waals surface area contributed by atoms with Crippen molar-refractivity contribution in [2.75, 3.05) is 13.3 Å². The van der Waals surface area contributed by atoms with Crippen molar-refractivity contribution in [3.8, 4) is 0 Å². The van der Waals surface area contributed by atoms with Gasteiger partial charge in [-0.25, -0.2) is 13.2 Å². The molecule has 2 unspecified atom stereocenters. The minimum absolute atomic E-state index is 0.636. The zero-order valence-electron chi connectivity index (χ0n) is 6.72. The Kier molecular flexibility index (Phi) is 4.08. The van der Waals surface area contributed by atoms with Crippen molar-refractivity contribution >= 4 is 23.0 Å². The van der Waals surface area contributed by atoms with Crippen LogP contribution in [0.2, 0.25) is 0 Å². The predicted octanol–water partition coefficient (Wildman–Crippen LogP) is 0.750. The Hall–Kier alpha value is 0.490. The lowest BCUT2D eigenvalue weighted by atomic mass is 12.0. The highest BCUT2D eigenvalue weighted by atomic mass is 31.3. The van der Waals surface area contributed by atoms with Crippen LogP contribution in [0.25, 0.3) is 0 Å². The van der Waals surface area contributed by atoms with Crippen LogP contribution in [0.15, 0.2) is 0 Å². The minimum Gasteiger partial charge on any atom is -0.324 e. The molecule has 0 heterocycles. The summed E-state index contributed by atoms with van der Waals surface area (Å²) in [7, 11) is -13.4. The normalized spacial score (nSPS) is 25.6. The van der Waals surface area contributed by atoms with Gasteiger partial charge in [-0.1, -0.05) is 0 Å². The van der Waals surface area contributed by atoms with Gasteiger partial charge in [0.2, 0.25) is 0 Å². The van der Waals surface area contributed by atoms with E-state index in [1.807, 2.05) is 0 Å². The van der Waals surface area contributed by atoms with Crippen molar-refractivity contribution in [3.63, 3.8) is 0 Å². The lowest BCUT2D eigenvalue weighted by Gasteiger charge is -2.14. The first kappa shape index (κ1) is 13.5. The maximum Gasteiger partial charge on any atom is 0.486 e. The van der Waals surface area contributed by atoms with Gasteiger partial charge in [-0.2, -0.15) is 0 Å². The highest BCUT2D eigenvalue weighted by Gasteiger charge is 2.35. The molecule has 0 amide bonds. The average molecular weight is 254 g/mol. The van der Waals surface area contributed by atoms with Gasteiger partial charge >= 0.3 is 23.0 Å². The molecule has 11 heteroatoms. The molecule has 0 spiro atoms. The van der Waals surface area contributed by atoms with Gasteiger partial charge in [-0.05, 0) is 0 Å². The fourth-order valence-electron chi connectivity index (χ4n) is 0.398. The van der Waals surface area contributed by atoms with E-state index in [2.05, 4.69) is 8.62 Å². The summed E-state index contributed by atoms with van der Waals surface area (Å²) in [6, 6.07) is 0. The second-order valence-corrected chi connectivity index (χ2v) is 7.69. The van der Waals surface area contributed by atoms with Gasteiger partial charge < -0.3 is 14.7 Å². The highest BCUT2D eigenvalue weighted by molar-refractivity contribution is 7.69. The summed E-state index contributed by atoms with van der Waals surface area (Å²) in [6.07, 6.45) is 0. The molecule has 0 aliphatic heterocycles. The molecule has 3 N–H and O–H groups in total. The van der Waals surface area contributed by atoms with Crippen molar-refractivity contribution in [2.45, 2.75) is 0 Å². The molecule has 0 radical (unpaired) electrons.